The summed E-state index contributed by atoms with van der Waals surface area (Å²) < 4.78 is 12.0. The smallest absolute Gasteiger partial charge is 0.335 e. The van der Waals surface area contributed by atoms with Crippen molar-refractivity contribution in [3.8, 4) is 5.75 Å². The highest BCUT2D eigenvalue weighted by molar-refractivity contribution is 9.10. The van der Waals surface area contributed by atoms with Crippen LogP contribution in [0.2, 0.25) is 0 Å². The molecular weight excluding hydrogens is 720 g/mol. The quantitative estimate of drug-likeness (QED) is 0.183. The summed E-state index contributed by atoms with van der Waals surface area (Å²) in [5.74, 6) is -2.69. The second-order valence-electron chi connectivity index (χ2n) is 13.1. The molecule has 0 saturated heterocycles. The highest BCUT2D eigenvalue weighted by Crippen LogP contribution is 2.38. The Labute approximate surface area is 303 Å². The molecular formula is C38H39BrN4O8. The minimum atomic E-state index is -1.23. The number of nitrogens with zero attached hydrogens (tertiary/aromatic N) is 2. The van der Waals surface area contributed by atoms with Gasteiger partial charge in [0.1, 0.15) is 17.4 Å². The normalized spacial score (nSPS) is 15.1. The number of nitrogens with one attached hydrogen (secondary N) is 2. The summed E-state index contributed by atoms with van der Waals surface area (Å²) in [6.45, 7) is 6.33. The van der Waals surface area contributed by atoms with Gasteiger partial charge in [-0.25, -0.2) is 4.79 Å². The fourth-order valence-corrected chi connectivity index (χ4v) is 6.20. The van der Waals surface area contributed by atoms with E-state index in [0.717, 1.165) is 15.2 Å². The van der Waals surface area contributed by atoms with E-state index in [1.165, 1.54) is 34.1 Å². The van der Waals surface area contributed by atoms with Crippen LogP contribution in [0.15, 0.2) is 83.3 Å². The third-order valence-electron chi connectivity index (χ3n) is 8.29. The number of rotatable bonds is 10. The van der Waals surface area contributed by atoms with Crippen LogP contribution in [0.1, 0.15) is 54.0 Å². The van der Waals surface area contributed by atoms with Crippen LogP contribution in [0, 0.1) is 0 Å². The van der Waals surface area contributed by atoms with Crippen LogP contribution < -0.4 is 25.2 Å². The predicted molar refractivity (Wildman–Crippen MR) is 196 cm³/mol. The summed E-state index contributed by atoms with van der Waals surface area (Å²) >= 11 is 3.52. The number of hydrogen-bond donors (Lipinski definition) is 3. The van der Waals surface area contributed by atoms with Gasteiger partial charge in [-0.2, -0.15) is 0 Å². The lowest BCUT2D eigenvalue weighted by Gasteiger charge is -2.27. The van der Waals surface area contributed by atoms with Crippen molar-refractivity contribution in [1.82, 2.24) is 10.6 Å². The molecule has 3 amide bonds. The molecule has 5 rings (SSSR count). The Bertz CT molecular complexity index is 1990. The second kappa shape index (κ2) is 15.3. The van der Waals surface area contributed by atoms with E-state index in [-0.39, 0.29) is 30.8 Å². The number of carbonyl (C=O) groups is 5. The van der Waals surface area contributed by atoms with Gasteiger partial charge in [0.25, 0.3) is 11.8 Å². The second-order valence-corrected chi connectivity index (χ2v) is 14.0. The number of methoxy groups -OCH3 is 1. The largest absolute Gasteiger partial charge is 0.496 e. The van der Waals surface area contributed by atoms with E-state index in [2.05, 4.69) is 26.6 Å². The predicted octanol–water partition coefficient (Wildman–Crippen LogP) is 5.31. The number of hydrogen-bond acceptors (Lipinski definition) is 8. The summed E-state index contributed by atoms with van der Waals surface area (Å²) in [6, 6.07) is 19.8. The average molecular weight is 760 g/mol. The van der Waals surface area contributed by atoms with Gasteiger partial charge >= 0.3 is 11.9 Å². The first-order chi connectivity index (χ1) is 24.2. The first kappa shape index (κ1) is 37.0. The zero-order valence-electron chi connectivity index (χ0n) is 28.9. The maximum absolute atomic E-state index is 14.7. The number of amides is 3. The Morgan fingerprint density at radius 2 is 1.63 bits per heavy atom. The number of aromatic carboxylic acids is 1. The molecule has 3 N–H and O–H groups in total. The lowest BCUT2D eigenvalue weighted by molar-refractivity contribution is -0.153. The molecule has 13 heteroatoms. The zero-order valence-corrected chi connectivity index (χ0v) is 30.4. The standard InChI is InChI=1S/C38H39BrN4O8/c1-22(40-19-33(44)51-38(2,3)4)34(45)41-29-21-43(35(46)23-10-12-24(13-11-23)37(48)49)31-9-7-6-8-30(31)42(36(29)47)20-28-27-16-15-26(39)18-25(27)14-17-32(28)50-5/h6-18,22,29,40H,19-21H2,1-5H3,(H,41,45)(H,48,49)/t22-,29-/m0/s1. The van der Waals surface area contributed by atoms with Crippen LogP contribution >= 0.6 is 15.9 Å². The van der Waals surface area contributed by atoms with Crippen LogP contribution in [0.3, 0.4) is 0 Å². The number of benzene rings is 4. The summed E-state index contributed by atoms with van der Waals surface area (Å²) in [7, 11) is 1.55. The SMILES string of the molecule is COc1ccc2cc(Br)ccc2c1CN1C(=O)[C@@H](NC(=O)[C@H](C)NCC(=O)OC(C)(C)C)CN(C(=O)c2ccc(C(=O)O)cc2)c2ccccc21. The molecule has 0 saturated carbocycles. The van der Waals surface area contributed by atoms with Gasteiger partial charge in [0.15, 0.2) is 0 Å². The number of carboxylic acid groups (broad SMARTS) is 1. The third-order valence-corrected chi connectivity index (χ3v) is 8.78. The lowest BCUT2D eigenvalue weighted by atomic mass is 10.0. The molecule has 0 fully saturated rings. The molecule has 4 aromatic rings. The average Bonchev–Trinajstić information content (AvgIpc) is 3.20. The third kappa shape index (κ3) is 8.55. The van der Waals surface area contributed by atoms with Gasteiger partial charge < -0.3 is 29.7 Å². The minimum Gasteiger partial charge on any atom is -0.496 e. The van der Waals surface area contributed by atoms with Crippen molar-refractivity contribution in [3.05, 3.63) is 100 Å². The van der Waals surface area contributed by atoms with Crippen molar-refractivity contribution in [2.75, 3.05) is 30.0 Å². The van der Waals surface area contributed by atoms with E-state index in [1.54, 1.807) is 59.1 Å². The van der Waals surface area contributed by atoms with Gasteiger partial charge in [-0.15, -0.1) is 0 Å². The van der Waals surface area contributed by atoms with Crippen LogP contribution in [-0.2, 0) is 25.7 Å². The van der Waals surface area contributed by atoms with Gasteiger partial charge in [0, 0.05) is 15.6 Å². The molecule has 4 aromatic carbocycles. The van der Waals surface area contributed by atoms with Crippen molar-refractivity contribution in [3.63, 3.8) is 0 Å². The molecule has 1 aliphatic rings. The Balaban J connectivity index is 1.55. The van der Waals surface area contributed by atoms with E-state index < -0.39 is 47.3 Å². The van der Waals surface area contributed by atoms with E-state index in [4.69, 9.17) is 9.47 Å². The Morgan fingerprint density at radius 3 is 2.27 bits per heavy atom. The maximum Gasteiger partial charge on any atom is 0.335 e. The lowest BCUT2D eigenvalue weighted by Crippen LogP contribution is -2.56. The molecule has 0 radical (unpaired) electrons. The van der Waals surface area contributed by atoms with E-state index in [0.29, 0.717) is 22.7 Å². The number of fused-ring (bicyclic) bond motifs is 2. The van der Waals surface area contributed by atoms with Gasteiger partial charge in [-0.1, -0.05) is 40.2 Å². The molecule has 0 bridgehead atoms. The molecule has 1 aliphatic heterocycles. The first-order valence-corrected chi connectivity index (χ1v) is 17.0. The fourth-order valence-electron chi connectivity index (χ4n) is 5.82. The molecule has 266 valence electrons. The number of carboxylic acids is 1. The highest BCUT2D eigenvalue weighted by Gasteiger charge is 2.38. The molecule has 2 atom stereocenters. The molecule has 51 heavy (non-hydrogen) atoms. The topological polar surface area (TPSA) is 155 Å². The zero-order chi connectivity index (χ0) is 37.0. The number of ether oxygens (including phenoxy) is 2. The molecule has 0 aliphatic carbocycles. The summed E-state index contributed by atoms with van der Waals surface area (Å²) in [6.07, 6.45) is 0. The molecule has 12 nitrogen and oxygen atoms in total. The van der Waals surface area contributed by atoms with Gasteiger partial charge in [0.2, 0.25) is 5.91 Å². The van der Waals surface area contributed by atoms with E-state index >= 15 is 0 Å². The van der Waals surface area contributed by atoms with Gasteiger partial charge in [-0.05, 0) is 93.1 Å². The van der Waals surface area contributed by atoms with Gasteiger partial charge in [0.05, 0.1) is 49.7 Å². The number of halogens is 1. The van der Waals surface area contributed by atoms with Crippen LogP contribution in [0.5, 0.6) is 5.75 Å². The van der Waals surface area contributed by atoms with Gasteiger partial charge in [-0.3, -0.25) is 24.5 Å². The summed E-state index contributed by atoms with van der Waals surface area (Å²) in [5.41, 5.74) is 1.04. The fraction of sp³-hybridized carbons (Fsp3) is 0.289. The number of anilines is 2. The van der Waals surface area contributed by atoms with Crippen molar-refractivity contribution in [2.24, 2.45) is 0 Å². The minimum absolute atomic E-state index is 0.0123. The van der Waals surface area contributed by atoms with Crippen molar-refractivity contribution >= 4 is 67.7 Å². The maximum atomic E-state index is 14.7. The molecule has 1 heterocycles. The van der Waals surface area contributed by atoms with Crippen molar-refractivity contribution in [2.45, 2.75) is 51.9 Å². The molecule has 0 aromatic heterocycles. The van der Waals surface area contributed by atoms with Crippen molar-refractivity contribution < 1.29 is 38.6 Å². The molecule has 0 spiro atoms. The van der Waals surface area contributed by atoms with Crippen LogP contribution in [0.4, 0.5) is 11.4 Å². The van der Waals surface area contributed by atoms with E-state index in [9.17, 15) is 29.1 Å². The van der Waals surface area contributed by atoms with E-state index in [1.807, 2.05) is 30.3 Å². The van der Waals surface area contributed by atoms with Crippen molar-refractivity contribution in [1.29, 1.82) is 0 Å². The van der Waals surface area contributed by atoms with Crippen LogP contribution in [0.25, 0.3) is 10.8 Å². The summed E-state index contributed by atoms with van der Waals surface area (Å²) in [4.78, 5) is 69.2. The highest BCUT2D eigenvalue weighted by atomic mass is 79.9. The Hall–Kier alpha value is -5.27. The number of para-hydroxylation sites is 2. The number of esters is 1. The summed E-state index contributed by atoms with van der Waals surface area (Å²) in [5, 5.41) is 16.8. The number of carbonyl (C=O) groups excluding carboxylic acids is 4. The monoisotopic (exact) mass is 758 g/mol. The Kier molecular flexibility index (Phi) is 11.1. The van der Waals surface area contributed by atoms with Crippen LogP contribution in [-0.4, -0.2) is 72.7 Å². The molecule has 0 unspecified atom stereocenters. The first-order valence-electron chi connectivity index (χ1n) is 16.2. The Morgan fingerprint density at radius 1 is 0.961 bits per heavy atom.